The molecule has 0 aliphatic heterocycles. The molecule has 0 aliphatic rings. The SMILES string of the molecule is CCCCC(NC)c1sccc1Br. The van der Waals surface area contributed by atoms with E-state index in [-0.39, 0.29) is 0 Å². The first-order valence-corrected chi connectivity index (χ1v) is 6.37. The largest absolute Gasteiger partial charge is 0.312 e. The summed E-state index contributed by atoms with van der Waals surface area (Å²) < 4.78 is 1.24. The van der Waals surface area contributed by atoms with Crippen LogP contribution in [0.5, 0.6) is 0 Å². The predicted octanol–water partition coefficient (Wildman–Crippen LogP) is 3.96. The second-order valence-corrected chi connectivity index (χ2v) is 4.92. The van der Waals surface area contributed by atoms with Crippen molar-refractivity contribution in [3.63, 3.8) is 0 Å². The minimum Gasteiger partial charge on any atom is -0.312 e. The van der Waals surface area contributed by atoms with E-state index in [4.69, 9.17) is 0 Å². The van der Waals surface area contributed by atoms with Crippen LogP contribution < -0.4 is 5.32 Å². The van der Waals surface area contributed by atoms with Gasteiger partial charge in [-0.05, 0) is 40.8 Å². The quantitative estimate of drug-likeness (QED) is 0.846. The molecule has 0 aliphatic carbocycles. The van der Waals surface area contributed by atoms with Crippen molar-refractivity contribution in [1.29, 1.82) is 0 Å². The molecule has 1 aromatic heterocycles. The highest BCUT2D eigenvalue weighted by molar-refractivity contribution is 9.10. The van der Waals surface area contributed by atoms with Crippen LogP contribution in [0.25, 0.3) is 0 Å². The van der Waals surface area contributed by atoms with Gasteiger partial charge in [0.2, 0.25) is 0 Å². The standard InChI is InChI=1S/C10H16BrNS/c1-3-4-5-9(12-2)10-8(11)6-7-13-10/h6-7,9,12H,3-5H2,1-2H3. The number of unbranched alkanes of at least 4 members (excludes halogenated alkanes) is 1. The molecule has 3 heteroatoms. The molecule has 13 heavy (non-hydrogen) atoms. The van der Waals surface area contributed by atoms with E-state index in [0.29, 0.717) is 6.04 Å². The molecule has 1 rings (SSSR count). The summed E-state index contributed by atoms with van der Waals surface area (Å²) in [6.45, 7) is 2.23. The van der Waals surface area contributed by atoms with Gasteiger partial charge >= 0.3 is 0 Å². The summed E-state index contributed by atoms with van der Waals surface area (Å²) in [5.41, 5.74) is 0. The van der Waals surface area contributed by atoms with Gasteiger partial charge in [-0.2, -0.15) is 0 Å². The first-order valence-electron chi connectivity index (χ1n) is 4.69. The molecule has 1 heterocycles. The predicted molar refractivity (Wildman–Crippen MR) is 63.3 cm³/mol. The van der Waals surface area contributed by atoms with Crippen molar-refractivity contribution < 1.29 is 0 Å². The molecule has 0 aromatic carbocycles. The number of rotatable bonds is 5. The topological polar surface area (TPSA) is 12.0 Å². The molecular weight excluding hydrogens is 246 g/mol. The Morgan fingerprint density at radius 2 is 2.38 bits per heavy atom. The lowest BCUT2D eigenvalue weighted by Gasteiger charge is -2.14. The van der Waals surface area contributed by atoms with E-state index in [0.717, 1.165) is 0 Å². The summed E-state index contributed by atoms with van der Waals surface area (Å²) in [4.78, 5) is 1.43. The van der Waals surface area contributed by atoms with Crippen LogP contribution >= 0.6 is 27.3 Å². The number of nitrogens with one attached hydrogen (secondary N) is 1. The monoisotopic (exact) mass is 261 g/mol. The van der Waals surface area contributed by atoms with Crippen molar-refractivity contribution in [2.75, 3.05) is 7.05 Å². The van der Waals surface area contributed by atoms with Crippen LogP contribution in [0.3, 0.4) is 0 Å². The van der Waals surface area contributed by atoms with Crippen molar-refractivity contribution in [3.05, 3.63) is 20.8 Å². The van der Waals surface area contributed by atoms with Gasteiger partial charge in [0.1, 0.15) is 0 Å². The first-order chi connectivity index (χ1) is 6.29. The van der Waals surface area contributed by atoms with Gasteiger partial charge in [0.15, 0.2) is 0 Å². The molecule has 74 valence electrons. The van der Waals surface area contributed by atoms with Crippen LogP contribution in [0.1, 0.15) is 37.1 Å². The number of hydrogen-bond acceptors (Lipinski definition) is 2. The van der Waals surface area contributed by atoms with E-state index < -0.39 is 0 Å². The van der Waals surface area contributed by atoms with E-state index in [9.17, 15) is 0 Å². The Kier molecular flexibility index (Phi) is 4.99. The molecule has 0 amide bonds. The molecule has 1 aromatic rings. The van der Waals surface area contributed by atoms with Crippen molar-refractivity contribution >= 4 is 27.3 Å². The van der Waals surface area contributed by atoms with Gasteiger partial charge in [0.25, 0.3) is 0 Å². The molecule has 1 N–H and O–H groups in total. The Labute approximate surface area is 92.7 Å². The van der Waals surface area contributed by atoms with E-state index in [1.54, 1.807) is 0 Å². The smallest absolute Gasteiger partial charge is 0.0423 e. The minimum absolute atomic E-state index is 0.523. The summed E-state index contributed by atoms with van der Waals surface area (Å²) in [5, 5.41) is 5.50. The van der Waals surface area contributed by atoms with E-state index >= 15 is 0 Å². The first kappa shape index (κ1) is 11.2. The lowest BCUT2D eigenvalue weighted by molar-refractivity contribution is 0.529. The molecule has 0 spiro atoms. The maximum Gasteiger partial charge on any atom is 0.0423 e. The van der Waals surface area contributed by atoms with Crippen LogP contribution in [0.2, 0.25) is 0 Å². The number of halogens is 1. The van der Waals surface area contributed by atoms with Gasteiger partial charge in [-0.1, -0.05) is 19.8 Å². The third kappa shape index (κ3) is 3.08. The normalized spacial score (nSPS) is 13.2. The van der Waals surface area contributed by atoms with Crippen LogP contribution in [0.15, 0.2) is 15.9 Å². The van der Waals surface area contributed by atoms with E-state index in [1.165, 1.54) is 28.6 Å². The number of thiophene rings is 1. The summed E-state index contributed by atoms with van der Waals surface area (Å²) >= 11 is 5.39. The second kappa shape index (κ2) is 5.78. The van der Waals surface area contributed by atoms with Gasteiger partial charge < -0.3 is 5.32 Å². The van der Waals surface area contributed by atoms with Crippen LogP contribution in [-0.4, -0.2) is 7.05 Å². The van der Waals surface area contributed by atoms with Crippen LogP contribution in [0, 0.1) is 0 Å². The highest BCUT2D eigenvalue weighted by Crippen LogP contribution is 2.31. The Balaban J connectivity index is 2.61. The van der Waals surface area contributed by atoms with Gasteiger partial charge in [-0.15, -0.1) is 11.3 Å². The van der Waals surface area contributed by atoms with Crippen molar-refractivity contribution in [2.24, 2.45) is 0 Å². The Morgan fingerprint density at radius 3 is 2.85 bits per heavy atom. The van der Waals surface area contributed by atoms with Gasteiger partial charge in [0.05, 0.1) is 0 Å². The molecule has 0 saturated heterocycles. The lowest BCUT2D eigenvalue weighted by atomic mass is 10.1. The highest BCUT2D eigenvalue weighted by Gasteiger charge is 2.12. The highest BCUT2D eigenvalue weighted by atomic mass is 79.9. The van der Waals surface area contributed by atoms with Gasteiger partial charge in [0, 0.05) is 15.4 Å². The van der Waals surface area contributed by atoms with Gasteiger partial charge in [-0.3, -0.25) is 0 Å². The van der Waals surface area contributed by atoms with Crippen molar-refractivity contribution in [2.45, 2.75) is 32.2 Å². The minimum atomic E-state index is 0.523. The van der Waals surface area contributed by atoms with Crippen LogP contribution in [0.4, 0.5) is 0 Å². The van der Waals surface area contributed by atoms with Crippen molar-refractivity contribution in [1.82, 2.24) is 5.32 Å². The fourth-order valence-electron chi connectivity index (χ4n) is 1.37. The summed E-state index contributed by atoms with van der Waals surface area (Å²) in [7, 11) is 2.03. The number of hydrogen-bond donors (Lipinski definition) is 1. The third-order valence-corrected chi connectivity index (χ3v) is 4.14. The Hall–Kier alpha value is 0.140. The lowest BCUT2D eigenvalue weighted by Crippen LogP contribution is -2.15. The molecule has 0 saturated carbocycles. The van der Waals surface area contributed by atoms with E-state index in [2.05, 4.69) is 39.6 Å². The molecule has 0 fully saturated rings. The van der Waals surface area contributed by atoms with Crippen molar-refractivity contribution in [3.8, 4) is 0 Å². The average molecular weight is 262 g/mol. The molecular formula is C10H16BrNS. The zero-order valence-corrected chi connectivity index (χ0v) is 10.5. The van der Waals surface area contributed by atoms with Gasteiger partial charge in [-0.25, -0.2) is 0 Å². The Bertz CT molecular complexity index is 247. The summed E-state index contributed by atoms with van der Waals surface area (Å²) in [5.74, 6) is 0. The molecule has 1 unspecified atom stereocenters. The van der Waals surface area contributed by atoms with Crippen LogP contribution in [-0.2, 0) is 0 Å². The maximum absolute atomic E-state index is 3.57. The molecule has 1 atom stereocenters. The summed E-state index contributed by atoms with van der Waals surface area (Å²) in [6.07, 6.45) is 3.78. The Morgan fingerprint density at radius 1 is 1.62 bits per heavy atom. The van der Waals surface area contributed by atoms with E-state index in [1.807, 2.05) is 18.4 Å². The second-order valence-electron chi connectivity index (χ2n) is 3.12. The fraction of sp³-hybridized carbons (Fsp3) is 0.600. The average Bonchev–Trinajstić information content (AvgIpc) is 2.54. The zero-order chi connectivity index (χ0) is 9.68. The zero-order valence-electron chi connectivity index (χ0n) is 8.14. The maximum atomic E-state index is 3.57. The molecule has 0 radical (unpaired) electrons. The third-order valence-electron chi connectivity index (χ3n) is 2.16. The molecule has 0 bridgehead atoms. The summed E-state index contributed by atoms with van der Waals surface area (Å²) in [6, 6.07) is 2.64. The fourth-order valence-corrected chi connectivity index (χ4v) is 3.16. The molecule has 1 nitrogen and oxygen atoms in total.